The lowest BCUT2D eigenvalue weighted by Crippen LogP contribution is -2.29. The quantitative estimate of drug-likeness (QED) is 0.855. The maximum atomic E-state index is 5.14. The number of likely N-dealkylation sites (tertiary alicyclic amines) is 1. The minimum atomic E-state index is 0.509. The Morgan fingerprint density at radius 3 is 2.45 bits per heavy atom. The summed E-state index contributed by atoms with van der Waals surface area (Å²) in [4.78, 5) is 11.1. The zero-order valence-electron chi connectivity index (χ0n) is 12.7. The van der Waals surface area contributed by atoms with Gasteiger partial charge in [0.15, 0.2) is 0 Å². The zero-order chi connectivity index (χ0) is 14.5. The summed E-state index contributed by atoms with van der Waals surface area (Å²) in [5, 5.41) is 3.29. The van der Waals surface area contributed by atoms with Gasteiger partial charge in [0, 0.05) is 19.1 Å². The molecule has 1 saturated heterocycles. The summed E-state index contributed by atoms with van der Waals surface area (Å²) < 4.78 is 10.3. The molecule has 0 spiro atoms. The highest BCUT2D eigenvalue weighted by Crippen LogP contribution is 2.20. The van der Waals surface area contributed by atoms with Gasteiger partial charge in [0.05, 0.1) is 20.3 Å². The van der Waals surface area contributed by atoms with Gasteiger partial charge < -0.3 is 19.7 Å². The molecule has 1 aromatic rings. The summed E-state index contributed by atoms with van der Waals surface area (Å²) in [7, 11) is 3.17. The van der Waals surface area contributed by atoms with Crippen LogP contribution in [0.3, 0.4) is 0 Å². The maximum Gasteiger partial charge on any atom is 0.229 e. The highest BCUT2D eigenvalue weighted by molar-refractivity contribution is 5.33. The molecule has 2 rings (SSSR count). The number of anilines is 1. The van der Waals surface area contributed by atoms with Crippen molar-refractivity contribution in [3.05, 3.63) is 6.07 Å². The topological polar surface area (TPSA) is 59.5 Å². The van der Waals surface area contributed by atoms with E-state index in [1.165, 1.54) is 13.0 Å². The van der Waals surface area contributed by atoms with E-state index < -0.39 is 0 Å². The van der Waals surface area contributed by atoms with Crippen LogP contribution in [0.5, 0.6) is 11.8 Å². The van der Waals surface area contributed by atoms with Gasteiger partial charge in [-0.25, -0.2) is 0 Å². The van der Waals surface area contributed by atoms with Crippen LogP contribution in [0.4, 0.5) is 5.95 Å². The molecule has 0 radical (unpaired) electrons. The third kappa shape index (κ3) is 3.72. The summed E-state index contributed by atoms with van der Waals surface area (Å²) >= 11 is 0. The Morgan fingerprint density at radius 1 is 1.30 bits per heavy atom. The largest absolute Gasteiger partial charge is 0.481 e. The van der Waals surface area contributed by atoms with E-state index >= 15 is 0 Å². The fraction of sp³-hybridized carbons (Fsp3) is 0.714. The number of nitrogens with zero attached hydrogens (tertiary/aromatic N) is 3. The lowest BCUT2D eigenvalue weighted by Gasteiger charge is -2.20. The number of methoxy groups -OCH3 is 2. The lowest BCUT2D eigenvalue weighted by molar-refractivity contribution is 0.266. The Balaban J connectivity index is 1.91. The number of nitrogens with one attached hydrogen (secondary N) is 1. The van der Waals surface area contributed by atoms with Gasteiger partial charge in [-0.05, 0) is 32.7 Å². The SMILES string of the molecule is COc1cc(OC)nc(NCC2CCN(C(C)C)C2)n1. The number of hydrogen-bond acceptors (Lipinski definition) is 6. The molecule has 20 heavy (non-hydrogen) atoms. The average molecular weight is 280 g/mol. The Hall–Kier alpha value is -1.56. The summed E-state index contributed by atoms with van der Waals surface area (Å²) in [6, 6.07) is 2.29. The van der Waals surface area contributed by atoms with Crippen molar-refractivity contribution in [2.45, 2.75) is 26.3 Å². The van der Waals surface area contributed by atoms with Gasteiger partial charge in [-0.1, -0.05) is 0 Å². The maximum absolute atomic E-state index is 5.14. The predicted molar refractivity (Wildman–Crippen MR) is 78.4 cm³/mol. The van der Waals surface area contributed by atoms with Crippen molar-refractivity contribution in [3.63, 3.8) is 0 Å². The molecule has 1 aliphatic heterocycles. The standard InChI is InChI=1S/C14H24N4O2/c1-10(2)18-6-5-11(9-18)8-15-14-16-12(19-3)7-13(17-14)20-4/h7,10-11H,5-6,8-9H2,1-4H3,(H,15,16,17). The molecule has 0 bridgehead atoms. The van der Waals surface area contributed by atoms with Gasteiger partial charge in [0.2, 0.25) is 17.7 Å². The van der Waals surface area contributed by atoms with E-state index in [1.54, 1.807) is 20.3 Å². The molecule has 0 aliphatic carbocycles. The molecule has 0 aromatic carbocycles. The van der Waals surface area contributed by atoms with E-state index in [9.17, 15) is 0 Å². The van der Waals surface area contributed by atoms with Crippen molar-refractivity contribution in [2.24, 2.45) is 5.92 Å². The number of aromatic nitrogens is 2. The molecule has 1 N–H and O–H groups in total. The molecule has 6 nitrogen and oxygen atoms in total. The highest BCUT2D eigenvalue weighted by atomic mass is 16.5. The summed E-state index contributed by atoms with van der Waals surface area (Å²) in [6.45, 7) is 7.66. The van der Waals surface area contributed by atoms with E-state index in [2.05, 4.69) is 34.0 Å². The van der Waals surface area contributed by atoms with Crippen LogP contribution in [0.25, 0.3) is 0 Å². The summed E-state index contributed by atoms with van der Waals surface area (Å²) in [6.07, 6.45) is 1.21. The Kier molecular flexibility index (Phi) is 5.00. The molecule has 1 unspecified atom stereocenters. The van der Waals surface area contributed by atoms with Gasteiger partial charge in [0.1, 0.15) is 0 Å². The first kappa shape index (κ1) is 14.8. The van der Waals surface area contributed by atoms with E-state index in [4.69, 9.17) is 9.47 Å². The molecule has 1 aliphatic rings. The molecule has 1 aromatic heterocycles. The molecule has 6 heteroatoms. The van der Waals surface area contributed by atoms with Crippen molar-refractivity contribution in [1.82, 2.24) is 14.9 Å². The van der Waals surface area contributed by atoms with Gasteiger partial charge >= 0.3 is 0 Å². The Bertz CT molecular complexity index is 417. The second kappa shape index (κ2) is 6.74. The summed E-state index contributed by atoms with van der Waals surface area (Å²) in [5.74, 6) is 2.21. The molecule has 112 valence electrons. The van der Waals surface area contributed by atoms with Gasteiger partial charge in [-0.3, -0.25) is 0 Å². The van der Waals surface area contributed by atoms with Crippen LogP contribution in [-0.4, -0.2) is 54.8 Å². The van der Waals surface area contributed by atoms with Crippen molar-refractivity contribution in [2.75, 3.05) is 39.2 Å². The van der Waals surface area contributed by atoms with Gasteiger partial charge in [-0.2, -0.15) is 9.97 Å². The minimum Gasteiger partial charge on any atom is -0.481 e. The third-order valence-corrected chi connectivity index (χ3v) is 3.69. The van der Waals surface area contributed by atoms with Crippen molar-refractivity contribution in [1.29, 1.82) is 0 Å². The second-order valence-electron chi connectivity index (χ2n) is 5.40. The van der Waals surface area contributed by atoms with Crippen molar-refractivity contribution in [3.8, 4) is 11.8 Å². The Morgan fingerprint density at radius 2 is 1.95 bits per heavy atom. The summed E-state index contributed by atoms with van der Waals surface area (Å²) in [5.41, 5.74) is 0. The predicted octanol–water partition coefficient (Wildman–Crippen LogP) is 1.64. The first-order valence-electron chi connectivity index (χ1n) is 7.07. The van der Waals surface area contributed by atoms with Crippen LogP contribution < -0.4 is 14.8 Å². The first-order chi connectivity index (χ1) is 9.62. The third-order valence-electron chi connectivity index (χ3n) is 3.69. The van der Waals surface area contributed by atoms with E-state index in [0.717, 1.165) is 13.1 Å². The molecule has 2 heterocycles. The molecule has 0 saturated carbocycles. The fourth-order valence-electron chi connectivity index (χ4n) is 2.43. The first-order valence-corrected chi connectivity index (χ1v) is 7.07. The second-order valence-corrected chi connectivity index (χ2v) is 5.40. The molecule has 1 atom stereocenters. The van der Waals surface area contributed by atoms with Crippen molar-refractivity contribution >= 4 is 5.95 Å². The van der Waals surface area contributed by atoms with Crippen LogP contribution in [0, 0.1) is 5.92 Å². The van der Waals surface area contributed by atoms with Crippen LogP contribution in [0.1, 0.15) is 20.3 Å². The Labute approximate surface area is 120 Å². The highest BCUT2D eigenvalue weighted by Gasteiger charge is 2.24. The van der Waals surface area contributed by atoms with Crippen LogP contribution in [-0.2, 0) is 0 Å². The lowest BCUT2D eigenvalue weighted by atomic mass is 10.1. The molecular formula is C14H24N4O2. The number of hydrogen-bond donors (Lipinski definition) is 1. The molecule has 1 fully saturated rings. The van der Waals surface area contributed by atoms with Gasteiger partial charge in [-0.15, -0.1) is 0 Å². The van der Waals surface area contributed by atoms with Crippen LogP contribution in [0.2, 0.25) is 0 Å². The smallest absolute Gasteiger partial charge is 0.229 e. The molecule has 0 amide bonds. The van der Waals surface area contributed by atoms with Gasteiger partial charge in [0.25, 0.3) is 0 Å². The van der Waals surface area contributed by atoms with Crippen LogP contribution in [0.15, 0.2) is 6.07 Å². The van der Waals surface area contributed by atoms with E-state index in [0.29, 0.717) is 29.7 Å². The molecular weight excluding hydrogens is 256 g/mol. The minimum absolute atomic E-state index is 0.509. The zero-order valence-corrected chi connectivity index (χ0v) is 12.7. The fourth-order valence-corrected chi connectivity index (χ4v) is 2.43. The normalized spacial score (nSPS) is 19.4. The monoisotopic (exact) mass is 280 g/mol. The van der Waals surface area contributed by atoms with Crippen molar-refractivity contribution < 1.29 is 9.47 Å². The van der Waals surface area contributed by atoms with Crippen LogP contribution >= 0.6 is 0 Å². The number of ether oxygens (including phenoxy) is 2. The number of rotatable bonds is 6. The van der Waals surface area contributed by atoms with E-state index in [-0.39, 0.29) is 0 Å². The van der Waals surface area contributed by atoms with E-state index in [1.807, 2.05) is 0 Å². The average Bonchev–Trinajstić information content (AvgIpc) is 2.93.